The van der Waals surface area contributed by atoms with Gasteiger partial charge in [0.25, 0.3) is 0 Å². The van der Waals surface area contributed by atoms with Gasteiger partial charge in [-0.05, 0) is 24.3 Å². The number of hydrogen-bond donors (Lipinski definition) is 1. The van der Waals surface area contributed by atoms with E-state index in [1.807, 2.05) is 36.2 Å². The first-order valence-corrected chi connectivity index (χ1v) is 7.89. The smallest absolute Gasteiger partial charge is 0.322 e. The molecule has 2 aliphatic heterocycles. The average molecular weight is 312 g/mol. The topological polar surface area (TPSA) is 49.7 Å². The first kappa shape index (κ1) is 14.0. The Hall–Kier alpha value is -2.63. The molecule has 0 saturated heterocycles. The van der Waals surface area contributed by atoms with Crippen molar-refractivity contribution in [2.45, 2.75) is 13.1 Å². The van der Waals surface area contributed by atoms with E-state index in [0.29, 0.717) is 13.2 Å². The lowest BCUT2D eigenvalue weighted by atomic mass is 10.2. The Labute approximate surface area is 135 Å². The summed E-state index contributed by atoms with van der Waals surface area (Å²) in [5, 5.41) is 3.05. The van der Waals surface area contributed by atoms with Crippen LogP contribution in [-0.2, 0) is 13.1 Å². The molecule has 0 unspecified atom stereocenters. The van der Waals surface area contributed by atoms with E-state index in [-0.39, 0.29) is 6.03 Å². The van der Waals surface area contributed by atoms with E-state index in [2.05, 4.69) is 27.0 Å². The zero-order valence-electron chi connectivity index (χ0n) is 13.2. The van der Waals surface area contributed by atoms with Crippen LogP contribution in [0.1, 0.15) is 5.69 Å². The summed E-state index contributed by atoms with van der Waals surface area (Å²) in [6, 6.07) is 9.80. The molecule has 1 aromatic carbocycles. The van der Waals surface area contributed by atoms with Gasteiger partial charge < -0.3 is 24.4 Å². The molecule has 0 spiro atoms. The number of nitrogens with one attached hydrogen (secondary N) is 1. The number of rotatable bonds is 1. The number of amides is 2. The van der Waals surface area contributed by atoms with E-state index in [1.54, 1.807) is 0 Å². The molecule has 0 fully saturated rings. The Morgan fingerprint density at radius 3 is 3.00 bits per heavy atom. The van der Waals surface area contributed by atoms with Crippen LogP contribution in [-0.4, -0.2) is 42.2 Å². The minimum absolute atomic E-state index is 0.0650. The van der Waals surface area contributed by atoms with Crippen LogP contribution in [0.3, 0.4) is 0 Å². The first-order valence-electron chi connectivity index (χ1n) is 7.89. The number of likely N-dealkylation sites (N-methyl/N-ethyl adjacent to an activating group) is 1. The molecular formula is C17H20N4O2. The quantitative estimate of drug-likeness (QED) is 0.879. The third-order valence-electron chi connectivity index (χ3n) is 4.48. The minimum atomic E-state index is -0.0650. The second-order valence-corrected chi connectivity index (χ2v) is 5.97. The molecule has 2 amide bonds. The molecule has 120 valence electrons. The van der Waals surface area contributed by atoms with Crippen molar-refractivity contribution in [3.05, 3.63) is 42.2 Å². The van der Waals surface area contributed by atoms with Crippen LogP contribution in [0.25, 0.3) is 0 Å². The van der Waals surface area contributed by atoms with E-state index in [4.69, 9.17) is 4.74 Å². The molecule has 23 heavy (non-hydrogen) atoms. The van der Waals surface area contributed by atoms with Gasteiger partial charge in [-0.25, -0.2) is 4.79 Å². The zero-order valence-corrected chi connectivity index (χ0v) is 13.2. The van der Waals surface area contributed by atoms with Crippen LogP contribution in [0.2, 0.25) is 0 Å². The summed E-state index contributed by atoms with van der Waals surface area (Å²) in [5.41, 5.74) is 2.92. The Balaban J connectivity index is 1.54. The van der Waals surface area contributed by atoms with Crippen LogP contribution < -0.4 is 15.0 Å². The van der Waals surface area contributed by atoms with Gasteiger partial charge in [0.1, 0.15) is 18.0 Å². The largest absolute Gasteiger partial charge is 0.489 e. The number of ether oxygens (including phenoxy) is 1. The number of urea groups is 1. The van der Waals surface area contributed by atoms with Gasteiger partial charge in [-0.3, -0.25) is 0 Å². The lowest BCUT2D eigenvalue weighted by Crippen LogP contribution is -2.41. The van der Waals surface area contributed by atoms with Crippen LogP contribution in [0.15, 0.2) is 36.5 Å². The van der Waals surface area contributed by atoms with Gasteiger partial charge in [0, 0.05) is 32.0 Å². The second kappa shape index (κ2) is 5.53. The Kier molecular flexibility index (Phi) is 3.37. The van der Waals surface area contributed by atoms with Crippen LogP contribution >= 0.6 is 0 Å². The Morgan fingerprint density at radius 1 is 1.17 bits per heavy atom. The van der Waals surface area contributed by atoms with Crippen molar-refractivity contribution >= 4 is 17.4 Å². The number of hydrogen-bond acceptors (Lipinski definition) is 3. The van der Waals surface area contributed by atoms with E-state index in [1.165, 1.54) is 5.69 Å². The fraction of sp³-hybridized carbons (Fsp3) is 0.353. The lowest BCUT2D eigenvalue weighted by molar-refractivity contribution is 0.197. The number of fused-ring (bicyclic) bond motifs is 2. The average Bonchev–Trinajstić information content (AvgIpc) is 3.02. The number of para-hydroxylation sites is 1. The van der Waals surface area contributed by atoms with Crippen LogP contribution in [0.4, 0.5) is 16.2 Å². The third-order valence-corrected chi connectivity index (χ3v) is 4.48. The van der Waals surface area contributed by atoms with Crippen molar-refractivity contribution < 1.29 is 9.53 Å². The van der Waals surface area contributed by atoms with Gasteiger partial charge >= 0.3 is 6.03 Å². The van der Waals surface area contributed by atoms with Gasteiger partial charge in [-0.1, -0.05) is 6.07 Å². The van der Waals surface area contributed by atoms with Crippen molar-refractivity contribution in [1.29, 1.82) is 0 Å². The maximum Gasteiger partial charge on any atom is 0.322 e. The molecule has 0 atom stereocenters. The standard InChI is InChI=1S/C17H20N4O2/c1-19-10-11-23-15-6-2-5-14(16(15)19)18-17(22)21-9-8-20-7-3-4-13(20)12-21/h2-7H,8-12H2,1H3,(H,18,22). The number of nitrogens with zero attached hydrogens (tertiary/aromatic N) is 3. The summed E-state index contributed by atoms with van der Waals surface area (Å²) in [4.78, 5) is 16.6. The van der Waals surface area contributed by atoms with Gasteiger partial charge in [0.2, 0.25) is 0 Å². The highest BCUT2D eigenvalue weighted by Crippen LogP contribution is 2.37. The SMILES string of the molecule is CN1CCOc2cccc(NC(=O)N3CCn4cccc4C3)c21. The van der Waals surface area contributed by atoms with Crippen molar-refractivity contribution in [3.63, 3.8) is 0 Å². The van der Waals surface area contributed by atoms with Gasteiger partial charge in [-0.15, -0.1) is 0 Å². The summed E-state index contributed by atoms with van der Waals surface area (Å²) in [6.45, 7) is 3.68. The molecular weight excluding hydrogens is 292 g/mol. The monoisotopic (exact) mass is 312 g/mol. The molecule has 1 N–H and O–H groups in total. The minimum Gasteiger partial charge on any atom is -0.489 e. The molecule has 0 aliphatic carbocycles. The summed E-state index contributed by atoms with van der Waals surface area (Å²) in [5.74, 6) is 0.823. The molecule has 6 nitrogen and oxygen atoms in total. The predicted octanol–water partition coefficient (Wildman–Crippen LogP) is 2.36. The van der Waals surface area contributed by atoms with Gasteiger partial charge in [0.15, 0.2) is 0 Å². The number of carbonyl (C=O) groups excluding carboxylic acids is 1. The maximum atomic E-state index is 12.6. The van der Waals surface area contributed by atoms with E-state index in [9.17, 15) is 4.79 Å². The predicted molar refractivity (Wildman–Crippen MR) is 89.1 cm³/mol. The fourth-order valence-corrected chi connectivity index (χ4v) is 3.22. The molecule has 0 bridgehead atoms. The molecule has 2 aliphatic rings. The summed E-state index contributed by atoms with van der Waals surface area (Å²) < 4.78 is 7.88. The molecule has 3 heterocycles. The van der Waals surface area contributed by atoms with Crippen LogP contribution in [0, 0.1) is 0 Å². The zero-order chi connectivity index (χ0) is 15.8. The lowest BCUT2D eigenvalue weighted by Gasteiger charge is -2.32. The third kappa shape index (κ3) is 2.50. The molecule has 1 aromatic heterocycles. The van der Waals surface area contributed by atoms with Crippen LogP contribution in [0.5, 0.6) is 5.75 Å². The Morgan fingerprint density at radius 2 is 2.09 bits per heavy atom. The maximum absolute atomic E-state index is 12.6. The second-order valence-electron chi connectivity index (χ2n) is 5.97. The highest BCUT2D eigenvalue weighted by molar-refractivity contribution is 5.94. The van der Waals surface area contributed by atoms with E-state index in [0.717, 1.165) is 36.8 Å². The van der Waals surface area contributed by atoms with E-state index >= 15 is 0 Å². The van der Waals surface area contributed by atoms with E-state index < -0.39 is 0 Å². The van der Waals surface area contributed by atoms with Crippen molar-refractivity contribution in [3.8, 4) is 5.75 Å². The van der Waals surface area contributed by atoms with Gasteiger partial charge in [-0.2, -0.15) is 0 Å². The van der Waals surface area contributed by atoms with Gasteiger partial charge in [0.05, 0.1) is 18.8 Å². The summed E-state index contributed by atoms with van der Waals surface area (Å²) >= 11 is 0. The Bertz CT molecular complexity index is 740. The summed E-state index contributed by atoms with van der Waals surface area (Å²) in [7, 11) is 2.02. The molecule has 4 rings (SSSR count). The van der Waals surface area contributed by atoms with Crippen molar-refractivity contribution in [2.75, 3.05) is 37.0 Å². The fourth-order valence-electron chi connectivity index (χ4n) is 3.22. The number of benzene rings is 1. The molecule has 0 radical (unpaired) electrons. The molecule has 0 saturated carbocycles. The molecule has 6 heteroatoms. The highest BCUT2D eigenvalue weighted by atomic mass is 16.5. The van der Waals surface area contributed by atoms with Crippen molar-refractivity contribution in [2.24, 2.45) is 0 Å². The number of anilines is 2. The van der Waals surface area contributed by atoms with Crippen molar-refractivity contribution in [1.82, 2.24) is 9.47 Å². The number of carbonyl (C=O) groups is 1. The molecule has 2 aromatic rings. The normalized spacial score (nSPS) is 16.4. The first-order chi connectivity index (χ1) is 11.2. The summed E-state index contributed by atoms with van der Waals surface area (Å²) in [6.07, 6.45) is 2.06. The highest BCUT2D eigenvalue weighted by Gasteiger charge is 2.23. The number of aromatic nitrogens is 1.